The van der Waals surface area contributed by atoms with Crippen LogP contribution in [0.2, 0.25) is 0 Å². The second-order valence-electron chi connectivity index (χ2n) is 16.6. The van der Waals surface area contributed by atoms with E-state index >= 15 is 0 Å². The van der Waals surface area contributed by atoms with Gasteiger partial charge in [-0.3, -0.25) is 4.79 Å². The number of methoxy groups -OCH3 is 1. The molecule has 0 bridgehead atoms. The summed E-state index contributed by atoms with van der Waals surface area (Å²) in [7, 11) is 1.37. The molecule has 276 valence electrons. The van der Waals surface area contributed by atoms with E-state index in [1.165, 1.54) is 52.1 Å². The zero-order valence-corrected chi connectivity index (χ0v) is 30.9. The summed E-state index contributed by atoms with van der Waals surface area (Å²) in [6.45, 7) is 12.8. The SMILES string of the molecule is COC(=O)[C@H](Cc1ccccc1)NC(=O)CC[C@@H](C)[C@H]1CC[C@H]2[C@@H]3[C@H](O)C[C@@H]4C[C@@H](NCCNCCNCCN)CC[C@]4(C)[C@H]3CC[C@]12C. The Balaban J connectivity index is 1.12. The molecule has 0 heterocycles. The molecule has 1 aromatic carbocycles. The maximum absolute atomic E-state index is 13.1. The van der Waals surface area contributed by atoms with Gasteiger partial charge in [0.05, 0.1) is 13.2 Å². The lowest BCUT2D eigenvalue weighted by Crippen LogP contribution is -2.59. The van der Waals surface area contributed by atoms with E-state index in [2.05, 4.69) is 42.0 Å². The summed E-state index contributed by atoms with van der Waals surface area (Å²) in [4.78, 5) is 25.6. The molecule has 11 atom stereocenters. The van der Waals surface area contributed by atoms with Crippen molar-refractivity contribution in [3.63, 3.8) is 0 Å². The second kappa shape index (κ2) is 17.5. The highest BCUT2D eigenvalue weighted by Crippen LogP contribution is 2.68. The van der Waals surface area contributed by atoms with Crippen molar-refractivity contribution in [2.45, 2.75) is 110 Å². The number of carbonyl (C=O) groups excluding carboxylic acids is 2. The van der Waals surface area contributed by atoms with E-state index in [9.17, 15) is 14.7 Å². The standard InChI is InChI=1S/C40H67N5O4/c1-27(10-13-36(47)45-34(38(48)49-4)24-28-8-6-5-7-9-28)31-11-12-32-37-33(15-17-40(31,32)3)39(2)16-14-30(25-29(39)26-35(37)46)44-23-22-43-21-20-42-19-18-41/h5-9,27,29-35,37,42-44,46H,10-26,41H2,1-4H3,(H,45,47)/t27-,29+,30+,31-,32+,33+,34+,35-,37+,39+,40-/m1/s1. The maximum Gasteiger partial charge on any atom is 0.328 e. The lowest BCUT2D eigenvalue weighted by Gasteiger charge is -2.62. The molecule has 0 aromatic heterocycles. The van der Waals surface area contributed by atoms with E-state index < -0.39 is 12.0 Å². The van der Waals surface area contributed by atoms with Crippen LogP contribution >= 0.6 is 0 Å². The third-order valence-electron chi connectivity index (χ3n) is 13.9. The number of benzene rings is 1. The number of nitrogens with two attached hydrogens (primary N) is 1. The predicted molar refractivity (Wildman–Crippen MR) is 196 cm³/mol. The number of fused-ring (bicyclic) bond motifs is 5. The number of amides is 1. The first-order chi connectivity index (χ1) is 23.6. The van der Waals surface area contributed by atoms with Gasteiger partial charge < -0.3 is 36.8 Å². The van der Waals surface area contributed by atoms with Gasteiger partial charge in [0.25, 0.3) is 0 Å². The Kier molecular flexibility index (Phi) is 13.6. The minimum atomic E-state index is -0.681. The van der Waals surface area contributed by atoms with Crippen LogP contribution in [0.4, 0.5) is 0 Å². The van der Waals surface area contributed by atoms with E-state index in [-0.39, 0.29) is 17.4 Å². The Morgan fingerprint density at radius 3 is 2.37 bits per heavy atom. The van der Waals surface area contributed by atoms with Crippen LogP contribution < -0.4 is 27.0 Å². The van der Waals surface area contributed by atoms with Crippen molar-refractivity contribution >= 4 is 11.9 Å². The van der Waals surface area contributed by atoms with Crippen LogP contribution in [0.3, 0.4) is 0 Å². The van der Waals surface area contributed by atoms with Crippen molar-refractivity contribution in [2.75, 3.05) is 46.4 Å². The van der Waals surface area contributed by atoms with Gasteiger partial charge in [-0.25, -0.2) is 4.79 Å². The van der Waals surface area contributed by atoms with Gasteiger partial charge in [-0.2, -0.15) is 0 Å². The highest BCUT2D eigenvalue weighted by Gasteiger charge is 2.62. The van der Waals surface area contributed by atoms with Crippen LogP contribution in [0.1, 0.15) is 90.5 Å². The van der Waals surface area contributed by atoms with E-state index in [0.717, 1.165) is 51.1 Å². The van der Waals surface area contributed by atoms with Gasteiger partial charge in [-0.15, -0.1) is 0 Å². The van der Waals surface area contributed by atoms with E-state index in [1.807, 2.05) is 30.3 Å². The number of aliphatic hydroxyl groups excluding tert-OH is 1. The van der Waals surface area contributed by atoms with Crippen LogP contribution in [-0.4, -0.2) is 81.5 Å². The lowest BCUT2D eigenvalue weighted by molar-refractivity contribution is -0.167. The summed E-state index contributed by atoms with van der Waals surface area (Å²) < 4.78 is 5.01. The molecule has 1 aromatic rings. The average Bonchev–Trinajstić information content (AvgIpc) is 3.46. The molecule has 4 fully saturated rings. The van der Waals surface area contributed by atoms with Crippen molar-refractivity contribution in [3.8, 4) is 0 Å². The van der Waals surface area contributed by atoms with E-state index in [1.54, 1.807) is 0 Å². The van der Waals surface area contributed by atoms with Gasteiger partial charge in [0.1, 0.15) is 6.04 Å². The van der Waals surface area contributed by atoms with Crippen LogP contribution in [-0.2, 0) is 20.7 Å². The highest BCUT2D eigenvalue weighted by atomic mass is 16.5. The largest absolute Gasteiger partial charge is 0.467 e. The molecule has 0 saturated heterocycles. The molecule has 9 nitrogen and oxygen atoms in total. The first-order valence-corrected chi connectivity index (χ1v) is 19.5. The van der Waals surface area contributed by atoms with Gasteiger partial charge in [0.15, 0.2) is 0 Å². The van der Waals surface area contributed by atoms with Gasteiger partial charge >= 0.3 is 5.97 Å². The quantitative estimate of drug-likeness (QED) is 0.107. The van der Waals surface area contributed by atoms with E-state index in [0.29, 0.717) is 66.4 Å². The fourth-order valence-electron chi connectivity index (χ4n) is 11.3. The molecule has 9 heteroatoms. The number of nitrogens with one attached hydrogen (secondary N) is 4. The summed E-state index contributed by atoms with van der Waals surface area (Å²) in [6.07, 6.45) is 10.9. The topological polar surface area (TPSA) is 138 Å². The zero-order valence-electron chi connectivity index (χ0n) is 30.9. The van der Waals surface area contributed by atoms with Crippen molar-refractivity contribution < 1.29 is 19.4 Å². The average molecular weight is 682 g/mol. The van der Waals surface area contributed by atoms with Crippen molar-refractivity contribution in [1.29, 1.82) is 0 Å². The fraction of sp³-hybridized carbons (Fsp3) is 0.800. The van der Waals surface area contributed by atoms with E-state index in [4.69, 9.17) is 10.5 Å². The highest BCUT2D eigenvalue weighted by molar-refractivity contribution is 5.84. The molecular weight excluding hydrogens is 614 g/mol. The van der Waals surface area contributed by atoms with Crippen molar-refractivity contribution in [1.82, 2.24) is 21.3 Å². The molecule has 4 aliphatic rings. The molecule has 1 amide bonds. The number of hydrogen-bond acceptors (Lipinski definition) is 8. The van der Waals surface area contributed by atoms with Crippen LogP contribution in [0.5, 0.6) is 0 Å². The number of rotatable bonds is 17. The third-order valence-corrected chi connectivity index (χ3v) is 13.9. The predicted octanol–water partition coefficient (Wildman–Crippen LogP) is 4.03. The first-order valence-electron chi connectivity index (χ1n) is 19.5. The van der Waals surface area contributed by atoms with Gasteiger partial charge in [0, 0.05) is 58.2 Å². The van der Waals surface area contributed by atoms with Crippen LogP contribution in [0.15, 0.2) is 30.3 Å². The second-order valence-corrected chi connectivity index (χ2v) is 16.6. The van der Waals surface area contributed by atoms with Gasteiger partial charge in [-0.1, -0.05) is 51.1 Å². The molecule has 0 radical (unpaired) electrons. The first kappa shape index (κ1) is 38.2. The molecular formula is C40H67N5O4. The van der Waals surface area contributed by atoms with Crippen LogP contribution in [0, 0.1) is 46.3 Å². The number of esters is 1. The molecule has 4 aliphatic carbocycles. The minimum absolute atomic E-state index is 0.0831. The fourth-order valence-corrected chi connectivity index (χ4v) is 11.3. The summed E-state index contributed by atoms with van der Waals surface area (Å²) in [5, 5.41) is 25.5. The van der Waals surface area contributed by atoms with Gasteiger partial charge in [0.2, 0.25) is 5.91 Å². The Hall–Kier alpha value is -2.04. The maximum atomic E-state index is 13.1. The third kappa shape index (κ3) is 8.89. The summed E-state index contributed by atoms with van der Waals surface area (Å²) in [5.41, 5.74) is 7.05. The smallest absolute Gasteiger partial charge is 0.328 e. The number of aliphatic hydroxyl groups is 1. The molecule has 4 saturated carbocycles. The Morgan fingerprint density at radius 1 is 0.939 bits per heavy atom. The normalized spacial score (nSPS) is 35.0. The molecule has 0 spiro atoms. The Morgan fingerprint density at radius 2 is 1.63 bits per heavy atom. The summed E-state index contributed by atoms with van der Waals surface area (Å²) in [5.74, 6) is 2.59. The summed E-state index contributed by atoms with van der Waals surface area (Å²) in [6, 6.07) is 9.62. The van der Waals surface area contributed by atoms with Crippen molar-refractivity contribution in [2.24, 2.45) is 52.1 Å². The number of hydrogen-bond donors (Lipinski definition) is 6. The summed E-state index contributed by atoms with van der Waals surface area (Å²) >= 11 is 0. The molecule has 7 N–H and O–H groups in total. The zero-order chi connectivity index (χ0) is 35.0. The van der Waals surface area contributed by atoms with Gasteiger partial charge in [-0.05, 0) is 110 Å². The monoisotopic (exact) mass is 682 g/mol. The number of carbonyl (C=O) groups is 2. The molecule has 0 aliphatic heterocycles. The lowest BCUT2D eigenvalue weighted by atomic mass is 9.43. The minimum Gasteiger partial charge on any atom is -0.467 e. The Bertz CT molecular complexity index is 1200. The molecule has 0 unspecified atom stereocenters. The Labute approximate surface area is 296 Å². The van der Waals surface area contributed by atoms with Crippen LogP contribution in [0.25, 0.3) is 0 Å². The molecule has 49 heavy (non-hydrogen) atoms. The molecule has 5 rings (SSSR count). The van der Waals surface area contributed by atoms with Crippen molar-refractivity contribution in [3.05, 3.63) is 35.9 Å². The number of ether oxygens (including phenoxy) is 1.